The van der Waals surface area contributed by atoms with Crippen molar-refractivity contribution in [2.45, 2.75) is 32.7 Å². The fourth-order valence-electron chi connectivity index (χ4n) is 1.86. The number of urea groups is 1. The molecule has 6 nitrogen and oxygen atoms in total. The zero-order chi connectivity index (χ0) is 12.3. The predicted molar refractivity (Wildman–Crippen MR) is 55.5 cm³/mol. The number of esters is 1. The molecule has 0 saturated carbocycles. The number of rotatable bonds is 4. The summed E-state index contributed by atoms with van der Waals surface area (Å²) in [6.07, 6.45) is 0.420. The lowest BCUT2D eigenvalue weighted by Crippen LogP contribution is -2.53. The highest BCUT2D eigenvalue weighted by Gasteiger charge is 2.50. The monoisotopic (exact) mass is 228 g/mol. The van der Waals surface area contributed by atoms with Crippen LogP contribution >= 0.6 is 0 Å². The molecule has 6 heteroatoms. The Hall–Kier alpha value is -1.59. The summed E-state index contributed by atoms with van der Waals surface area (Å²) in [5.74, 6) is -1.62. The van der Waals surface area contributed by atoms with Crippen LogP contribution in [0.25, 0.3) is 0 Å². The van der Waals surface area contributed by atoms with Crippen molar-refractivity contribution in [1.82, 2.24) is 10.6 Å². The average molecular weight is 228 g/mol. The molecule has 1 saturated heterocycles. The summed E-state index contributed by atoms with van der Waals surface area (Å²) < 4.78 is 4.89. The maximum absolute atomic E-state index is 11.7. The third-order valence-corrected chi connectivity index (χ3v) is 2.75. The second-order valence-corrected chi connectivity index (χ2v) is 3.82. The Kier molecular flexibility index (Phi) is 3.51. The number of amides is 3. The molecule has 1 heterocycles. The third kappa shape index (κ3) is 2.00. The maximum atomic E-state index is 11.7. The summed E-state index contributed by atoms with van der Waals surface area (Å²) in [7, 11) is 0. The van der Waals surface area contributed by atoms with E-state index in [1.54, 1.807) is 13.8 Å². The summed E-state index contributed by atoms with van der Waals surface area (Å²) in [4.78, 5) is 34.4. The van der Waals surface area contributed by atoms with E-state index in [1.165, 1.54) is 6.92 Å². The summed E-state index contributed by atoms with van der Waals surface area (Å²) in [6.45, 7) is 5.24. The minimum Gasteiger partial charge on any atom is -0.466 e. The SMILES string of the molecule is CCOC(=O)C(CC)C1(C)NC(=O)NC1=O. The second-order valence-electron chi connectivity index (χ2n) is 3.82. The van der Waals surface area contributed by atoms with E-state index in [4.69, 9.17) is 4.74 Å². The Morgan fingerprint density at radius 3 is 2.44 bits per heavy atom. The lowest BCUT2D eigenvalue weighted by molar-refractivity contribution is -0.153. The van der Waals surface area contributed by atoms with Crippen LogP contribution in [0.15, 0.2) is 0 Å². The van der Waals surface area contributed by atoms with E-state index < -0.39 is 29.4 Å². The average Bonchev–Trinajstić information content (AvgIpc) is 2.42. The lowest BCUT2D eigenvalue weighted by atomic mass is 9.84. The van der Waals surface area contributed by atoms with Crippen LogP contribution in [0.1, 0.15) is 27.2 Å². The molecular weight excluding hydrogens is 212 g/mol. The normalized spacial score (nSPS) is 25.9. The molecule has 1 aliphatic rings. The van der Waals surface area contributed by atoms with Crippen LogP contribution in [0.4, 0.5) is 4.79 Å². The van der Waals surface area contributed by atoms with Crippen LogP contribution in [0, 0.1) is 5.92 Å². The Labute approximate surface area is 93.7 Å². The molecular formula is C10H16N2O4. The molecule has 2 unspecified atom stereocenters. The topological polar surface area (TPSA) is 84.5 Å². The van der Waals surface area contributed by atoms with Crippen LogP contribution in [-0.2, 0) is 14.3 Å². The third-order valence-electron chi connectivity index (χ3n) is 2.75. The summed E-state index contributed by atoms with van der Waals surface area (Å²) in [5, 5.41) is 4.59. The first-order valence-corrected chi connectivity index (χ1v) is 5.25. The molecule has 0 bridgehead atoms. The lowest BCUT2D eigenvalue weighted by Gasteiger charge is -2.28. The number of imide groups is 1. The van der Waals surface area contributed by atoms with Gasteiger partial charge in [0, 0.05) is 0 Å². The van der Waals surface area contributed by atoms with Crippen LogP contribution in [-0.4, -0.2) is 30.1 Å². The van der Waals surface area contributed by atoms with Crippen molar-refractivity contribution in [3.63, 3.8) is 0 Å². The molecule has 1 aliphatic heterocycles. The fourth-order valence-corrected chi connectivity index (χ4v) is 1.86. The number of hydrogen-bond acceptors (Lipinski definition) is 4. The molecule has 90 valence electrons. The van der Waals surface area contributed by atoms with Crippen molar-refractivity contribution in [1.29, 1.82) is 0 Å². The molecule has 0 aliphatic carbocycles. The molecule has 0 aromatic carbocycles. The van der Waals surface area contributed by atoms with Crippen LogP contribution < -0.4 is 10.6 Å². The number of hydrogen-bond donors (Lipinski definition) is 2. The summed E-state index contributed by atoms with van der Waals surface area (Å²) >= 11 is 0. The fraction of sp³-hybridized carbons (Fsp3) is 0.700. The van der Waals surface area contributed by atoms with Gasteiger partial charge in [-0.05, 0) is 20.3 Å². The van der Waals surface area contributed by atoms with Gasteiger partial charge < -0.3 is 10.1 Å². The van der Waals surface area contributed by atoms with Gasteiger partial charge in [-0.15, -0.1) is 0 Å². The van der Waals surface area contributed by atoms with Crippen molar-refractivity contribution < 1.29 is 19.1 Å². The largest absolute Gasteiger partial charge is 0.466 e. The molecule has 2 N–H and O–H groups in total. The number of carbonyl (C=O) groups is 3. The minimum atomic E-state index is -1.21. The van der Waals surface area contributed by atoms with Gasteiger partial charge in [-0.1, -0.05) is 6.92 Å². The van der Waals surface area contributed by atoms with Gasteiger partial charge in [0.15, 0.2) is 0 Å². The molecule has 3 amide bonds. The van der Waals surface area contributed by atoms with Crippen LogP contribution in [0.5, 0.6) is 0 Å². The number of carbonyl (C=O) groups excluding carboxylic acids is 3. The molecule has 1 rings (SSSR count). The number of ether oxygens (including phenoxy) is 1. The first kappa shape index (κ1) is 12.5. The first-order chi connectivity index (χ1) is 7.45. The van der Waals surface area contributed by atoms with Gasteiger partial charge in [0.1, 0.15) is 5.54 Å². The molecule has 0 aromatic rings. The van der Waals surface area contributed by atoms with E-state index in [1.807, 2.05) is 0 Å². The van der Waals surface area contributed by atoms with Gasteiger partial charge in [-0.25, -0.2) is 4.79 Å². The van der Waals surface area contributed by atoms with Crippen molar-refractivity contribution in [3.05, 3.63) is 0 Å². The maximum Gasteiger partial charge on any atom is 0.322 e. The van der Waals surface area contributed by atoms with Gasteiger partial charge in [-0.2, -0.15) is 0 Å². The summed E-state index contributed by atoms with van der Waals surface area (Å²) in [6, 6.07) is -0.574. The quantitative estimate of drug-likeness (QED) is 0.530. The Morgan fingerprint density at radius 2 is 2.06 bits per heavy atom. The molecule has 2 atom stereocenters. The molecule has 0 radical (unpaired) electrons. The highest BCUT2D eigenvalue weighted by molar-refractivity contribution is 6.08. The van der Waals surface area contributed by atoms with Gasteiger partial charge in [0.2, 0.25) is 0 Å². The Balaban J connectivity index is 2.91. The Bertz CT molecular complexity index is 329. The first-order valence-electron chi connectivity index (χ1n) is 5.25. The minimum absolute atomic E-state index is 0.251. The zero-order valence-electron chi connectivity index (χ0n) is 9.62. The van der Waals surface area contributed by atoms with Crippen molar-refractivity contribution in [2.24, 2.45) is 5.92 Å². The second kappa shape index (κ2) is 4.51. The molecule has 16 heavy (non-hydrogen) atoms. The van der Waals surface area contributed by atoms with E-state index in [-0.39, 0.29) is 6.61 Å². The molecule has 0 aromatic heterocycles. The van der Waals surface area contributed by atoms with Gasteiger partial charge in [0.25, 0.3) is 5.91 Å². The highest BCUT2D eigenvalue weighted by atomic mass is 16.5. The van der Waals surface area contributed by atoms with Crippen molar-refractivity contribution in [3.8, 4) is 0 Å². The van der Waals surface area contributed by atoms with E-state index >= 15 is 0 Å². The van der Waals surface area contributed by atoms with Crippen molar-refractivity contribution >= 4 is 17.9 Å². The van der Waals surface area contributed by atoms with Gasteiger partial charge >= 0.3 is 12.0 Å². The van der Waals surface area contributed by atoms with Gasteiger partial charge in [-0.3, -0.25) is 14.9 Å². The predicted octanol–water partition coefficient (Wildman–Crippen LogP) is 0.174. The Morgan fingerprint density at radius 1 is 1.44 bits per heavy atom. The summed E-state index contributed by atoms with van der Waals surface area (Å²) in [5.41, 5.74) is -1.21. The van der Waals surface area contributed by atoms with E-state index in [0.29, 0.717) is 6.42 Å². The van der Waals surface area contributed by atoms with Crippen molar-refractivity contribution in [2.75, 3.05) is 6.61 Å². The number of nitrogens with one attached hydrogen (secondary N) is 2. The standard InChI is InChI=1S/C10H16N2O4/c1-4-6(7(13)16-5-2)10(3)8(14)11-9(15)12-10/h6H,4-5H2,1-3H3,(H2,11,12,14,15). The molecule has 0 spiro atoms. The molecule has 1 fully saturated rings. The van der Waals surface area contributed by atoms with E-state index in [9.17, 15) is 14.4 Å². The van der Waals surface area contributed by atoms with E-state index in [0.717, 1.165) is 0 Å². The zero-order valence-corrected chi connectivity index (χ0v) is 9.62. The highest BCUT2D eigenvalue weighted by Crippen LogP contribution is 2.25. The van der Waals surface area contributed by atoms with Gasteiger partial charge in [0.05, 0.1) is 12.5 Å². The smallest absolute Gasteiger partial charge is 0.322 e. The van der Waals surface area contributed by atoms with Crippen LogP contribution in [0.2, 0.25) is 0 Å². The van der Waals surface area contributed by atoms with Crippen LogP contribution in [0.3, 0.4) is 0 Å². The van der Waals surface area contributed by atoms with E-state index in [2.05, 4.69) is 10.6 Å².